The fraction of sp³-hybridized carbons (Fsp3) is 0.200. The van der Waals surface area contributed by atoms with Crippen molar-refractivity contribution in [2.45, 2.75) is 6.04 Å². The van der Waals surface area contributed by atoms with Crippen LogP contribution in [0, 0.1) is 5.82 Å². The Hall–Kier alpha value is -1.78. The van der Waals surface area contributed by atoms with Gasteiger partial charge in [0.05, 0.1) is 20.3 Å². The van der Waals surface area contributed by atoms with Crippen molar-refractivity contribution in [3.63, 3.8) is 0 Å². The molecule has 0 fully saturated rings. The molecular weight excluding hydrogens is 281 g/mol. The van der Waals surface area contributed by atoms with Crippen LogP contribution in [0.1, 0.15) is 17.2 Å². The number of halogens is 2. The lowest BCUT2D eigenvalue weighted by molar-refractivity contribution is 0.396. The molecule has 0 bridgehead atoms. The van der Waals surface area contributed by atoms with Crippen LogP contribution in [0.15, 0.2) is 36.4 Å². The fourth-order valence-corrected chi connectivity index (χ4v) is 2.33. The Labute approximate surface area is 122 Å². The van der Waals surface area contributed by atoms with Crippen molar-refractivity contribution in [3.05, 3.63) is 58.4 Å². The Morgan fingerprint density at radius 1 is 1.15 bits per heavy atom. The molecule has 1 unspecified atom stereocenters. The van der Waals surface area contributed by atoms with Gasteiger partial charge in [-0.05, 0) is 30.3 Å². The summed E-state index contributed by atoms with van der Waals surface area (Å²) in [6, 6.07) is 8.91. The minimum Gasteiger partial charge on any atom is -0.497 e. The lowest BCUT2D eigenvalue weighted by Crippen LogP contribution is -2.15. The summed E-state index contributed by atoms with van der Waals surface area (Å²) in [6.07, 6.45) is 0. The van der Waals surface area contributed by atoms with Gasteiger partial charge in [0.2, 0.25) is 0 Å². The molecule has 5 heteroatoms. The minimum absolute atomic E-state index is 0.237. The molecule has 0 radical (unpaired) electrons. The lowest BCUT2D eigenvalue weighted by Gasteiger charge is -2.18. The quantitative estimate of drug-likeness (QED) is 0.938. The van der Waals surface area contributed by atoms with Crippen molar-refractivity contribution < 1.29 is 13.9 Å². The second-order valence-corrected chi connectivity index (χ2v) is 4.63. The molecule has 0 aromatic heterocycles. The third-order valence-electron chi connectivity index (χ3n) is 3.08. The summed E-state index contributed by atoms with van der Waals surface area (Å²) in [5, 5.41) is 0.280. The van der Waals surface area contributed by atoms with Crippen molar-refractivity contribution >= 4 is 11.6 Å². The molecule has 0 aliphatic heterocycles. The van der Waals surface area contributed by atoms with Gasteiger partial charge in [0.1, 0.15) is 17.3 Å². The van der Waals surface area contributed by atoms with Crippen LogP contribution in [0.2, 0.25) is 5.02 Å². The highest BCUT2D eigenvalue weighted by molar-refractivity contribution is 6.31. The molecule has 20 heavy (non-hydrogen) atoms. The molecule has 3 nitrogen and oxygen atoms in total. The summed E-state index contributed by atoms with van der Waals surface area (Å²) in [5.74, 6) is 0.719. The van der Waals surface area contributed by atoms with Crippen LogP contribution in [-0.4, -0.2) is 14.2 Å². The summed E-state index contributed by atoms with van der Waals surface area (Å²) < 4.78 is 24.4. The lowest BCUT2D eigenvalue weighted by atomic mass is 9.98. The smallest absolute Gasteiger partial charge is 0.129 e. The number of nitrogens with two attached hydrogens (primary N) is 1. The first-order chi connectivity index (χ1) is 9.58. The average molecular weight is 296 g/mol. The summed E-state index contributed by atoms with van der Waals surface area (Å²) in [5.41, 5.74) is 7.00. The predicted molar refractivity (Wildman–Crippen MR) is 77.0 cm³/mol. The molecule has 0 heterocycles. The first kappa shape index (κ1) is 14.6. The first-order valence-electron chi connectivity index (χ1n) is 6.00. The second kappa shape index (κ2) is 6.11. The molecule has 2 aromatic rings. The Balaban J connectivity index is 2.55. The van der Waals surface area contributed by atoms with Crippen LogP contribution >= 0.6 is 11.6 Å². The van der Waals surface area contributed by atoms with Gasteiger partial charge in [0.15, 0.2) is 0 Å². The third kappa shape index (κ3) is 2.71. The number of hydrogen-bond donors (Lipinski definition) is 1. The van der Waals surface area contributed by atoms with Gasteiger partial charge in [-0.15, -0.1) is 0 Å². The van der Waals surface area contributed by atoms with E-state index in [0.29, 0.717) is 17.1 Å². The Morgan fingerprint density at radius 3 is 2.50 bits per heavy atom. The summed E-state index contributed by atoms with van der Waals surface area (Å²) >= 11 is 6.05. The molecule has 0 aliphatic rings. The Kier molecular flexibility index (Phi) is 4.47. The van der Waals surface area contributed by atoms with Crippen molar-refractivity contribution in [1.82, 2.24) is 0 Å². The number of hydrogen-bond acceptors (Lipinski definition) is 3. The predicted octanol–water partition coefficient (Wildman–Crippen LogP) is 3.54. The molecule has 1 atom stereocenters. The molecule has 0 saturated carbocycles. The van der Waals surface area contributed by atoms with Crippen LogP contribution < -0.4 is 15.2 Å². The van der Waals surface area contributed by atoms with E-state index in [2.05, 4.69) is 0 Å². The van der Waals surface area contributed by atoms with Crippen molar-refractivity contribution in [1.29, 1.82) is 0 Å². The number of ether oxygens (including phenoxy) is 2. The normalized spacial score (nSPS) is 12.1. The van der Waals surface area contributed by atoms with Crippen LogP contribution in [0.25, 0.3) is 0 Å². The molecule has 0 aliphatic carbocycles. The van der Waals surface area contributed by atoms with E-state index in [9.17, 15) is 4.39 Å². The first-order valence-corrected chi connectivity index (χ1v) is 6.37. The number of benzene rings is 2. The van der Waals surface area contributed by atoms with E-state index < -0.39 is 11.9 Å². The zero-order valence-electron chi connectivity index (χ0n) is 11.2. The summed E-state index contributed by atoms with van der Waals surface area (Å²) in [7, 11) is 3.08. The molecule has 106 valence electrons. The molecule has 0 amide bonds. The van der Waals surface area contributed by atoms with Crippen molar-refractivity contribution in [2.75, 3.05) is 14.2 Å². The monoisotopic (exact) mass is 295 g/mol. The molecular formula is C15H15ClFNO2. The van der Waals surface area contributed by atoms with Gasteiger partial charge in [-0.2, -0.15) is 0 Å². The van der Waals surface area contributed by atoms with Crippen molar-refractivity contribution in [3.8, 4) is 11.5 Å². The van der Waals surface area contributed by atoms with Crippen LogP contribution in [0.3, 0.4) is 0 Å². The van der Waals surface area contributed by atoms with Gasteiger partial charge in [-0.25, -0.2) is 4.39 Å². The van der Waals surface area contributed by atoms with Gasteiger partial charge >= 0.3 is 0 Å². The van der Waals surface area contributed by atoms with Crippen molar-refractivity contribution in [2.24, 2.45) is 5.73 Å². The SMILES string of the molecule is COc1ccc(OC)c(C(N)c2c(F)cccc2Cl)c1. The highest BCUT2D eigenvalue weighted by Crippen LogP contribution is 2.35. The van der Waals surface area contributed by atoms with Gasteiger partial charge in [-0.1, -0.05) is 17.7 Å². The Bertz CT molecular complexity index is 599. The summed E-state index contributed by atoms with van der Waals surface area (Å²) in [4.78, 5) is 0. The Morgan fingerprint density at radius 2 is 1.90 bits per heavy atom. The van der Waals surface area contributed by atoms with Gasteiger partial charge in [-0.3, -0.25) is 0 Å². The number of methoxy groups -OCH3 is 2. The van der Waals surface area contributed by atoms with Gasteiger partial charge in [0, 0.05) is 16.1 Å². The topological polar surface area (TPSA) is 44.5 Å². The van der Waals surface area contributed by atoms with Gasteiger partial charge in [0.25, 0.3) is 0 Å². The van der Waals surface area contributed by atoms with E-state index >= 15 is 0 Å². The zero-order chi connectivity index (χ0) is 14.7. The maximum Gasteiger partial charge on any atom is 0.129 e. The summed E-state index contributed by atoms with van der Waals surface area (Å²) in [6.45, 7) is 0. The molecule has 0 spiro atoms. The number of rotatable bonds is 4. The standard InChI is InChI=1S/C15H15ClFNO2/c1-19-9-6-7-13(20-2)10(8-9)15(18)14-11(16)4-3-5-12(14)17/h3-8,15H,18H2,1-2H3. The highest BCUT2D eigenvalue weighted by atomic mass is 35.5. The largest absolute Gasteiger partial charge is 0.497 e. The minimum atomic E-state index is -0.742. The van der Waals surface area contributed by atoms with Crippen LogP contribution in [0.5, 0.6) is 11.5 Å². The molecule has 2 aromatic carbocycles. The van der Waals surface area contributed by atoms with E-state index in [4.69, 9.17) is 26.8 Å². The maximum atomic E-state index is 14.0. The van der Waals surface area contributed by atoms with E-state index in [-0.39, 0.29) is 10.6 Å². The maximum absolute atomic E-state index is 14.0. The van der Waals surface area contributed by atoms with Crippen LogP contribution in [0.4, 0.5) is 4.39 Å². The third-order valence-corrected chi connectivity index (χ3v) is 3.41. The zero-order valence-corrected chi connectivity index (χ0v) is 11.9. The van der Waals surface area contributed by atoms with Crippen LogP contribution in [-0.2, 0) is 0 Å². The van der Waals surface area contributed by atoms with E-state index in [1.54, 1.807) is 31.4 Å². The van der Waals surface area contributed by atoms with E-state index in [1.165, 1.54) is 19.2 Å². The van der Waals surface area contributed by atoms with E-state index in [0.717, 1.165) is 0 Å². The molecule has 2 rings (SSSR count). The molecule has 0 saturated heterocycles. The highest BCUT2D eigenvalue weighted by Gasteiger charge is 2.21. The van der Waals surface area contributed by atoms with E-state index in [1.807, 2.05) is 0 Å². The fourth-order valence-electron chi connectivity index (χ4n) is 2.05. The van der Waals surface area contributed by atoms with Gasteiger partial charge < -0.3 is 15.2 Å². The molecule has 2 N–H and O–H groups in total. The second-order valence-electron chi connectivity index (χ2n) is 4.22. The average Bonchev–Trinajstić information content (AvgIpc) is 2.46.